The predicted molar refractivity (Wildman–Crippen MR) is 111 cm³/mol. The van der Waals surface area contributed by atoms with E-state index in [2.05, 4.69) is 10.3 Å². The number of halogens is 1. The number of nitrogens with zero attached hydrogens (tertiary/aromatic N) is 5. The zero-order valence-corrected chi connectivity index (χ0v) is 16.7. The Kier molecular flexibility index (Phi) is 4.20. The maximum absolute atomic E-state index is 12.1. The van der Waals surface area contributed by atoms with Crippen LogP contribution >= 0.6 is 11.6 Å². The molecule has 5 rings (SSSR count). The summed E-state index contributed by atoms with van der Waals surface area (Å²) in [7, 11) is 1.61. The van der Waals surface area contributed by atoms with Gasteiger partial charge < -0.3 is 5.11 Å². The smallest absolute Gasteiger partial charge is 0.331 e. The third-order valence-corrected chi connectivity index (χ3v) is 5.86. The van der Waals surface area contributed by atoms with Crippen molar-refractivity contribution in [3.8, 4) is 17.0 Å². The lowest BCUT2D eigenvalue weighted by Gasteiger charge is -2.08. The minimum Gasteiger partial charge on any atom is -0.493 e. The monoisotopic (exact) mass is 409 g/mol. The van der Waals surface area contributed by atoms with Crippen LogP contribution in [0.2, 0.25) is 5.02 Å². The van der Waals surface area contributed by atoms with E-state index in [0.29, 0.717) is 17.5 Å². The molecule has 4 aromatic rings. The molecule has 0 unspecified atom stereocenters. The van der Waals surface area contributed by atoms with Crippen LogP contribution < -0.4 is 5.69 Å². The molecule has 0 bridgehead atoms. The van der Waals surface area contributed by atoms with Crippen molar-refractivity contribution in [2.75, 3.05) is 0 Å². The minimum atomic E-state index is -0.255. The molecule has 7 nitrogen and oxygen atoms in total. The lowest BCUT2D eigenvalue weighted by atomic mass is 10.0. The van der Waals surface area contributed by atoms with Crippen LogP contribution in [0.25, 0.3) is 22.2 Å². The van der Waals surface area contributed by atoms with E-state index >= 15 is 0 Å². The Morgan fingerprint density at radius 1 is 1.17 bits per heavy atom. The molecule has 29 heavy (non-hydrogen) atoms. The van der Waals surface area contributed by atoms with E-state index in [1.165, 1.54) is 28.2 Å². The molecule has 2 aromatic heterocycles. The van der Waals surface area contributed by atoms with Gasteiger partial charge in [-0.15, -0.1) is 5.10 Å². The summed E-state index contributed by atoms with van der Waals surface area (Å²) in [4.78, 5) is 12.1. The number of benzene rings is 2. The van der Waals surface area contributed by atoms with Gasteiger partial charge in [-0.3, -0.25) is 9.13 Å². The van der Waals surface area contributed by atoms with Gasteiger partial charge in [-0.25, -0.2) is 9.48 Å². The highest BCUT2D eigenvalue weighted by molar-refractivity contribution is 6.37. The molecule has 0 radical (unpaired) electrons. The van der Waals surface area contributed by atoms with Crippen molar-refractivity contribution < 1.29 is 5.11 Å². The molecule has 1 aliphatic rings. The number of hydrogen-bond donors (Lipinski definition) is 1. The summed E-state index contributed by atoms with van der Waals surface area (Å²) >= 11 is 6.66. The van der Waals surface area contributed by atoms with E-state index in [1.807, 2.05) is 41.1 Å². The molecule has 1 fully saturated rings. The molecule has 0 spiro atoms. The van der Waals surface area contributed by atoms with Crippen molar-refractivity contribution >= 4 is 22.6 Å². The van der Waals surface area contributed by atoms with Crippen molar-refractivity contribution in [3.05, 3.63) is 63.7 Å². The van der Waals surface area contributed by atoms with Crippen LogP contribution in [0.4, 0.5) is 0 Å². The van der Waals surface area contributed by atoms with Crippen molar-refractivity contribution in [1.82, 2.24) is 24.1 Å². The standard InChI is InChI=1S/C21H20ClN5O2/c1-25-12-18(28)26(21(25)29)10-13-4-6-15(7-5-13)16-8-9-17-20(19(16)22)23-24-27(17)11-14-2-3-14/h4-9,12,14,28H,2-3,10-11H2,1H3. The van der Waals surface area contributed by atoms with Crippen LogP contribution in [-0.4, -0.2) is 29.2 Å². The van der Waals surface area contributed by atoms with E-state index < -0.39 is 0 Å². The summed E-state index contributed by atoms with van der Waals surface area (Å²) in [5.41, 5.74) is 4.18. The summed E-state index contributed by atoms with van der Waals surface area (Å²) < 4.78 is 4.62. The second-order valence-electron chi connectivity index (χ2n) is 7.67. The Hall–Kier alpha value is -3.06. The quantitative estimate of drug-likeness (QED) is 0.548. The summed E-state index contributed by atoms with van der Waals surface area (Å²) in [6, 6.07) is 11.8. The second-order valence-corrected chi connectivity index (χ2v) is 8.05. The molecule has 2 aromatic carbocycles. The summed E-state index contributed by atoms with van der Waals surface area (Å²) in [5.74, 6) is 0.659. The first kappa shape index (κ1) is 18.0. The summed E-state index contributed by atoms with van der Waals surface area (Å²) in [6.07, 6.45) is 3.92. The number of aromatic hydroxyl groups is 1. The van der Waals surface area contributed by atoms with Gasteiger partial charge in [-0.1, -0.05) is 47.1 Å². The zero-order valence-electron chi connectivity index (χ0n) is 15.9. The molecule has 148 valence electrons. The van der Waals surface area contributed by atoms with Crippen molar-refractivity contribution in [2.45, 2.75) is 25.9 Å². The molecule has 1 aliphatic carbocycles. The average Bonchev–Trinajstić information content (AvgIpc) is 3.39. The topological polar surface area (TPSA) is 77.9 Å². The van der Waals surface area contributed by atoms with E-state index in [9.17, 15) is 9.90 Å². The number of fused-ring (bicyclic) bond motifs is 1. The van der Waals surface area contributed by atoms with Crippen LogP contribution in [-0.2, 0) is 20.1 Å². The van der Waals surface area contributed by atoms with Gasteiger partial charge in [0.2, 0.25) is 5.88 Å². The number of hydrogen-bond acceptors (Lipinski definition) is 4. The van der Waals surface area contributed by atoms with Gasteiger partial charge in [0.25, 0.3) is 0 Å². The Morgan fingerprint density at radius 2 is 1.93 bits per heavy atom. The molecule has 0 atom stereocenters. The maximum atomic E-state index is 12.1. The van der Waals surface area contributed by atoms with Crippen molar-refractivity contribution in [1.29, 1.82) is 0 Å². The average molecular weight is 410 g/mol. The third-order valence-electron chi connectivity index (χ3n) is 5.48. The van der Waals surface area contributed by atoms with Gasteiger partial charge in [0.05, 0.1) is 23.3 Å². The lowest BCUT2D eigenvalue weighted by molar-refractivity contribution is 0.421. The van der Waals surface area contributed by atoms with Crippen LogP contribution in [0.15, 0.2) is 47.4 Å². The highest BCUT2D eigenvalue weighted by Crippen LogP contribution is 2.35. The third kappa shape index (κ3) is 3.21. The van der Waals surface area contributed by atoms with Crippen LogP contribution in [0.1, 0.15) is 18.4 Å². The number of imidazole rings is 1. The van der Waals surface area contributed by atoms with Gasteiger partial charge >= 0.3 is 5.69 Å². The number of aryl methyl sites for hydroxylation is 1. The van der Waals surface area contributed by atoms with Gasteiger partial charge in [0.1, 0.15) is 5.52 Å². The SMILES string of the molecule is Cn1cc(O)n(Cc2ccc(-c3ccc4c(nnn4CC4CC4)c3Cl)cc2)c1=O. The van der Waals surface area contributed by atoms with Gasteiger partial charge in [0.15, 0.2) is 0 Å². The Labute approximate surface area is 171 Å². The first-order valence-electron chi connectivity index (χ1n) is 9.57. The summed E-state index contributed by atoms with van der Waals surface area (Å²) in [6.45, 7) is 1.20. The van der Waals surface area contributed by atoms with E-state index in [0.717, 1.165) is 34.3 Å². The molecular weight excluding hydrogens is 390 g/mol. The largest absolute Gasteiger partial charge is 0.493 e. The van der Waals surface area contributed by atoms with Crippen molar-refractivity contribution in [2.24, 2.45) is 13.0 Å². The predicted octanol–water partition coefficient (Wildman–Crippen LogP) is 3.42. The van der Waals surface area contributed by atoms with Crippen LogP contribution in [0.5, 0.6) is 5.88 Å². The fourth-order valence-corrected chi connectivity index (χ4v) is 3.92. The Morgan fingerprint density at radius 3 is 2.59 bits per heavy atom. The van der Waals surface area contributed by atoms with Gasteiger partial charge in [-0.05, 0) is 36.0 Å². The first-order chi connectivity index (χ1) is 14.0. The highest BCUT2D eigenvalue weighted by Gasteiger charge is 2.23. The summed E-state index contributed by atoms with van der Waals surface area (Å²) in [5, 5.41) is 19.1. The first-order valence-corrected chi connectivity index (χ1v) is 9.95. The van der Waals surface area contributed by atoms with E-state index in [1.54, 1.807) is 7.05 Å². The van der Waals surface area contributed by atoms with Gasteiger partial charge in [0, 0.05) is 19.2 Å². The normalized spacial score (nSPS) is 14.0. The molecule has 8 heteroatoms. The Bertz CT molecular complexity index is 1260. The Balaban J connectivity index is 1.44. The van der Waals surface area contributed by atoms with E-state index in [4.69, 9.17) is 11.6 Å². The van der Waals surface area contributed by atoms with Crippen molar-refractivity contribution in [3.63, 3.8) is 0 Å². The number of rotatable bonds is 5. The maximum Gasteiger partial charge on any atom is 0.331 e. The molecule has 0 aliphatic heterocycles. The second kappa shape index (κ2) is 6.77. The molecular formula is C21H20ClN5O2. The molecule has 1 N–H and O–H groups in total. The number of aromatic nitrogens is 5. The van der Waals surface area contributed by atoms with Gasteiger partial charge in [-0.2, -0.15) is 0 Å². The molecule has 2 heterocycles. The highest BCUT2D eigenvalue weighted by atomic mass is 35.5. The van der Waals surface area contributed by atoms with Crippen LogP contribution in [0.3, 0.4) is 0 Å². The lowest BCUT2D eigenvalue weighted by Crippen LogP contribution is -2.22. The molecule has 0 saturated heterocycles. The van der Waals surface area contributed by atoms with E-state index in [-0.39, 0.29) is 11.6 Å². The molecule has 1 saturated carbocycles. The molecule has 0 amide bonds. The fraction of sp³-hybridized carbons (Fsp3) is 0.286. The fourth-order valence-electron chi connectivity index (χ4n) is 3.61. The minimum absolute atomic E-state index is 0.0515. The van der Waals surface area contributed by atoms with Crippen LogP contribution in [0, 0.1) is 5.92 Å². The zero-order chi connectivity index (χ0) is 20.1.